The Kier molecular flexibility index (Phi) is 5.82. The van der Waals surface area contributed by atoms with Gasteiger partial charge in [-0.2, -0.15) is 0 Å². The fraction of sp³-hybridized carbons (Fsp3) is 0.409. The van der Waals surface area contributed by atoms with Crippen LogP contribution in [0.15, 0.2) is 54.6 Å². The van der Waals surface area contributed by atoms with Crippen molar-refractivity contribution in [3.8, 4) is 0 Å². The van der Waals surface area contributed by atoms with Crippen molar-refractivity contribution >= 4 is 11.8 Å². The molecule has 2 aromatic carbocycles. The van der Waals surface area contributed by atoms with E-state index in [4.69, 9.17) is 4.74 Å². The van der Waals surface area contributed by atoms with Crippen LogP contribution in [0.1, 0.15) is 37.8 Å². The monoisotopic (exact) mass is 352 g/mol. The summed E-state index contributed by atoms with van der Waals surface area (Å²) < 4.78 is 5.46. The maximum Gasteiger partial charge on any atom is 0.410 e. The second kappa shape index (κ2) is 8.26. The topological polar surface area (TPSA) is 41.6 Å². The van der Waals surface area contributed by atoms with Gasteiger partial charge in [0.25, 0.3) is 0 Å². The summed E-state index contributed by atoms with van der Waals surface area (Å²) in [6.45, 7) is 6.82. The molecular formula is C22H28N2O2. The zero-order valence-corrected chi connectivity index (χ0v) is 15.7. The number of carbonyl (C=O) groups is 1. The fourth-order valence-electron chi connectivity index (χ4n) is 3.83. The highest BCUT2D eigenvalue weighted by molar-refractivity contribution is 5.68. The van der Waals surface area contributed by atoms with Crippen molar-refractivity contribution in [1.29, 1.82) is 0 Å². The van der Waals surface area contributed by atoms with Crippen molar-refractivity contribution in [2.24, 2.45) is 0 Å². The van der Waals surface area contributed by atoms with Crippen LogP contribution in [-0.2, 0) is 16.8 Å². The first-order valence-corrected chi connectivity index (χ1v) is 9.56. The molecule has 138 valence electrons. The van der Waals surface area contributed by atoms with Crippen LogP contribution < -0.4 is 5.32 Å². The van der Waals surface area contributed by atoms with E-state index in [-0.39, 0.29) is 11.5 Å². The Morgan fingerprint density at radius 1 is 1.04 bits per heavy atom. The number of hydrogen-bond acceptors (Lipinski definition) is 3. The molecule has 1 saturated heterocycles. The molecule has 1 N–H and O–H groups in total. The number of likely N-dealkylation sites (tertiary alicyclic amines) is 1. The Morgan fingerprint density at radius 3 is 2.42 bits per heavy atom. The molecule has 0 unspecified atom stereocenters. The van der Waals surface area contributed by atoms with Crippen LogP contribution in [0.2, 0.25) is 0 Å². The molecule has 0 aliphatic carbocycles. The fourth-order valence-corrected chi connectivity index (χ4v) is 3.83. The summed E-state index contributed by atoms with van der Waals surface area (Å²) in [5.41, 5.74) is 3.85. The van der Waals surface area contributed by atoms with Crippen LogP contribution in [0.25, 0.3) is 0 Å². The highest BCUT2D eigenvalue weighted by Gasteiger charge is 2.42. The molecule has 0 atom stereocenters. The Balaban J connectivity index is 0.000000948. The lowest BCUT2D eigenvalue weighted by atomic mass is 9.74. The van der Waals surface area contributed by atoms with E-state index in [1.165, 1.54) is 11.3 Å². The van der Waals surface area contributed by atoms with Crippen LogP contribution >= 0.6 is 0 Å². The van der Waals surface area contributed by atoms with Crippen molar-refractivity contribution in [2.75, 3.05) is 25.0 Å². The summed E-state index contributed by atoms with van der Waals surface area (Å²) in [5, 5.41) is 3.52. The van der Waals surface area contributed by atoms with Gasteiger partial charge in [-0.1, -0.05) is 62.4 Å². The standard InChI is InChI=1S/C20H22N2O2.C2H6/c23-19(24-14-16-6-2-1-3-7-16)22-12-10-20(11-13-22)15-21-18-9-5-4-8-17(18)20;1-2/h1-9,21H,10-15H2;1-2H3. The van der Waals surface area contributed by atoms with E-state index in [1.54, 1.807) is 0 Å². The molecule has 0 radical (unpaired) electrons. The van der Waals surface area contributed by atoms with Crippen molar-refractivity contribution in [2.45, 2.75) is 38.7 Å². The minimum atomic E-state index is -0.201. The summed E-state index contributed by atoms with van der Waals surface area (Å²) in [6, 6.07) is 18.4. The first kappa shape index (κ1) is 18.3. The molecule has 2 aromatic rings. The van der Waals surface area contributed by atoms with Gasteiger partial charge in [-0.25, -0.2) is 4.79 Å². The lowest BCUT2D eigenvalue weighted by Gasteiger charge is -2.38. The molecule has 4 nitrogen and oxygen atoms in total. The molecule has 0 saturated carbocycles. The van der Waals surface area contributed by atoms with Crippen LogP contribution in [0.3, 0.4) is 0 Å². The minimum absolute atomic E-state index is 0.173. The molecule has 2 aliphatic heterocycles. The Hall–Kier alpha value is -2.49. The van der Waals surface area contributed by atoms with E-state index in [2.05, 4.69) is 29.6 Å². The Bertz CT molecular complexity index is 722. The largest absolute Gasteiger partial charge is 0.445 e. The Labute approximate surface area is 156 Å². The number of carbonyl (C=O) groups excluding carboxylic acids is 1. The number of nitrogens with one attached hydrogen (secondary N) is 1. The number of anilines is 1. The zero-order valence-electron chi connectivity index (χ0n) is 15.7. The van der Waals surface area contributed by atoms with Gasteiger partial charge in [-0.3, -0.25) is 0 Å². The van der Waals surface area contributed by atoms with Gasteiger partial charge in [-0.05, 0) is 30.0 Å². The van der Waals surface area contributed by atoms with Gasteiger partial charge in [0.15, 0.2) is 0 Å². The van der Waals surface area contributed by atoms with Crippen LogP contribution in [-0.4, -0.2) is 30.6 Å². The molecule has 26 heavy (non-hydrogen) atoms. The summed E-state index contributed by atoms with van der Waals surface area (Å²) in [6.07, 6.45) is 1.77. The van der Waals surface area contributed by atoms with Crippen LogP contribution in [0.5, 0.6) is 0 Å². The number of nitrogens with zero attached hydrogens (tertiary/aromatic N) is 1. The molecule has 0 aromatic heterocycles. The second-order valence-corrected chi connectivity index (χ2v) is 6.71. The second-order valence-electron chi connectivity index (χ2n) is 6.71. The quantitative estimate of drug-likeness (QED) is 0.843. The van der Waals surface area contributed by atoms with E-state index in [0.29, 0.717) is 6.61 Å². The number of benzene rings is 2. The lowest BCUT2D eigenvalue weighted by molar-refractivity contribution is 0.0794. The lowest BCUT2D eigenvalue weighted by Crippen LogP contribution is -2.46. The van der Waals surface area contributed by atoms with Gasteiger partial charge in [-0.15, -0.1) is 0 Å². The summed E-state index contributed by atoms with van der Waals surface area (Å²) in [4.78, 5) is 14.2. The number of ether oxygens (including phenoxy) is 1. The van der Waals surface area contributed by atoms with E-state index in [1.807, 2.05) is 49.1 Å². The van der Waals surface area contributed by atoms with E-state index < -0.39 is 0 Å². The van der Waals surface area contributed by atoms with Crippen LogP contribution in [0, 0.1) is 0 Å². The third kappa shape index (κ3) is 3.69. The predicted molar refractivity (Wildman–Crippen MR) is 105 cm³/mol. The minimum Gasteiger partial charge on any atom is -0.445 e. The van der Waals surface area contributed by atoms with Gasteiger partial charge in [0.1, 0.15) is 6.61 Å². The molecule has 4 rings (SSSR count). The van der Waals surface area contributed by atoms with E-state index in [9.17, 15) is 4.79 Å². The molecule has 1 fully saturated rings. The average molecular weight is 352 g/mol. The maximum atomic E-state index is 12.3. The Morgan fingerprint density at radius 2 is 1.69 bits per heavy atom. The summed E-state index contributed by atoms with van der Waals surface area (Å²) in [7, 11) is 0. The maximum absolute atomic E-state index is 12.3. The van der Waals surface area contributed by atoms with E-state index in [0.717, 1.165) is 38.0 Å². The molecule has 0 bridgehead atoms. The van der Waals surface area contributed by atoms with Gasteiger partial charge < -0.3 is 15.0 Å². The highest BCUT2D eigenvalue weighted by atomic mass is 16.6. The van der Waals surface area contributed by atoms with Crippen molar-refractivity contribution in [3.63, 3.8) is 0 Å². The molecule has 1 spiro atoms. The van der Waals surface area contributed by atoms with Crippen molar-refractivity contribution in [1.82, 2.24) is 4.90 Å². The van der Waals surface area contributed by atoms with Crippen LogP contribution in [0.4, 0.5) is 10.5 Å². The number of hydrogen-bond donors (Lipinski definition) is 1. The first-order chi connectivity index (χ1) is 12.8. The number of rotatable bonds is 2. The van der Waals surface area contributed by atoms with Crippen molar-refractivity contribution < 1.29 is 9.53 Å². The van der Waals surface area contributed by atoms with Crippen molar-refractivity contribution in [3.05, 3.63) is 65.7 Å². The zero-order chi connectivity index (χ0) is 18.4. The molecule has 2 heterocycles. The first-order valence-electron chi connectivity index (χ1n) is 9.56. The van der Waals surface area contributed by atoms with Gasteiger partial charge in [0.05, 0.1) is 0 Å². The number of para-hydroxylation sites is 1. The number of fused-ring (bicyclic) bond motifs is 2. The average Bonchev–Trinajstić information content (AvgIpc) is 3.07. The van der Waals surface area contributed by atoms with Gasteiger partial charge in [0.2, 0.25) is 0 Å². The SMILES string of the molecule is CC.O=C(OCc1ccccc1)N1CCC2(CC1)CNc1ccccc12. The van der Waals surface area contributed by atoms with Gasteiger partial charge in [0, 0.05) is 30.7 Å². The highest BCUT2D eigenvalue weighted by Crippen LogP contribution is 2.43. The summed E-state index contributed by atoms with van der Waals surface area (Å²) >= 11 is 0. The third-order valence-corrected chi connectivity index (χ3v) is 5.30. The number of piperidine rings is 1. The smallest absolute Gasteiger partial charge is 0.410 e. The van der Waals surface area contributed by atoms with E-state index >= 15 is 0 Å². The normalized spacial score (nSPS) is 16.9. The molecular weight excluding hydrogens is 324 g/mol. The van der Waals surface area contributed by atoms with Gasteiger partial charge >= 0.3 is 6.09 Å². The molecule has 4 heteroatoms. The predicted octanol–water partition coefficient (Wildman–Crippen LogP) is 4.81. The number of amides is 1. The molecule has 2 aliphatic rings. The molecule has 1 amide bonds. The third-order valence-electron chi connectivity index (χ3n) is 5.30. The summed E-state index contributed by atoms with van der Waals surface area (Å²) in [5.74, 6) is 0.